The zero-order valence-electron chi connectivity index (χ0n) is 10.9. The highest BCUT2D eigenvalue weighted by Crippen LogP contribution is 2.24. The molecule has 0 unspecified atom stereocenters. The molecule has 5 heteroatoms. The van der Waals surface area contributed by atoms with Gasteiger partial charge in [0.25, 0.3) is 0 Å². The lowest BCUT2D eigenvalue weighted by molar-refractivity contribution is -0.0207. The van der Waals surface area contributed by atoms with Gasteiger partial charge in [-0.3, -0.25) is 0 Å². The van der Waals surface area contributed by atoms with E-state index in [1.807, 2.05) is 27.0 Å². The lowest BCUT2D eigenvalue weighted by atomic mass is 10.1. The molecule has 0 fully saturated rings. The summed E-state index contributed by atoms with van der Waals surface area (Å²) in [4.78, 5) is 8.90. The van der Waals surface area contributed by atoms with Gasteiger partial charge in [-0.25, -0.2) is 9.97 Å². The van der Waals surface area contributed by atoms with Crippen LogP contribution >= 0.6 is 22.6 Å². The Morgan fingerprint density at radius 2 is 2.12 bits per heavy atom. The van der Waals surface area contributed by atoms with Gasteiger partial charge >= 0.3 is 0 Å². The first-order valence-electron chi connectivity index (χ1n) is 5.92. The molecule has 96 valence electrons. The van der Waals surface area contributed by atoms with E-state index >= 15 is 0 Å². The molecule has 0 amide bonds. The lowest BCUT2D eigenvalue weighted by Crippen LogP contribution is -2.25. The van der Waals surface area contributed by atoms with Gasteiger partial charge in [0.2, 0.25) is 0 Å². The lowest BCUT2D eigenvalue weighted by Gasteiger charge is -2.23. The predicted octanol–water partition coefficient (Wildman–Crippen LogP) is 3.17. The van der Waals surface area contributed by atoms with Crippen LogP contribution in [-0.2, 0) is 10.3 Å². The molecule has 1 aromatic rings. The topological polar surface area (TPSA) is 47.0 Å². The second-order valence-electron chi connectivity index (χ2n) is 4.26. The molecule has 0 bridgehead atoms. The van der Waals surface area contributed by atoms with Gasteiger partial charge in [0.1, 0.15) is 11.4 Å². The van der Waals surface area contributed by atoms with Crippen LogP contribution in [-0.4, -0.2) is 23.1 Å². The molecule has 1 rings (SSSR count). The summed E-state index contributed by atoms with van der Waals surface area (Å²) < 4.78 is 6.69. The Balaban J connectivity index is 2.94. The van der Waals surface area contributed by atoms with Crippen LogP contribution in [0.3, 0.4) is 0 Å². The fraction of sp³-hybridized carbons (Fsp3) is 0.667. The van der Waals surface area contributed by atoms with Crippen LogP contribution in [0.15, 0.2) is 6.20 Å². The Hall–Kier alpha value is -0.430. The Kier molecular flexibility index (Phi) is 5.58. The number of anilines is 1. The van der Waals surface area contributed by atoms with Gasteiger partial charge in [0.15, 0.2) is 5.82 Å². The molecule has 1 aromatic heterocycles. The van der Waals surface area contributed by atoms with Crippen molar-refractivity contribution in [2.24, 2.45) is 0 Å². The molecule has 4 nitrogen and oxygen atoms in total. The van der Waals surface area contributed by atoms with Crippen molar-refractivity contribution in [2.45, 2.75) is 39.7 Å². The van der Waals surface area contributed by atoms with Crippen molar-refractivity contribution < 1.29 is 4.74 Å². The Bertz CT molecular complexity index is 369. The van der Waals surface area contributed by atoms with Gasteiger partial charge in [0.05, 0.1) is 3.57 Å². The predicted molar refractivity (Wildman–Crippen MR) is 78.2 cm³/mol. The molecule has 1 heterocycles. The van der Waals surface area contributed by atoms with Crippen LogP contribution in [0.2, 0.25) is 0 Å². The molecule has 0 atom stereocenters. The van der Waals surface area contributed by atoms with E-state index in [-0.39, 0.29) is 0 Å². The third kappa shape index (κ3) is 4.06. The summed E-state index contributed by atoms with van der Waals surface area (Å²) in [5.41, 5.74) is -0.443. The summed E-state index contributed by atoms with van der Waals surface area (Å²) in [6, 6.07) is 0. The number of aromatic nitrogens is 2. The van der Waals surface area contributed by atoms with Gasteiger partial charge in [0, 0.05) is 19.3 Å². The monoisotopic (exact) mass is 349 g/mol. The van der Waals surface area contributed by atoms with E-state index in [0.29, 0.717) is 6.61 Å². The molecule has 0 aliphatic rings. The summed E-state index contributed by atoms with van der Waals surface area (Å²) >= 11 is 2.24. The Morgan fingerprint density at radius 3 is 2.71 bits per heavy atom. The van der Waals surface area contributed by atoms with Crippen molar-refractivity contribution in [3.05, 3.63) is 15.6 Å². The van der Waals surface area contributed by atoms with Gasteiger partial charge in [-0.15, -0.1) is 0 Å². The first-order valence-corrected chi connectivity index (χ1v) is 7.00. The van der Waals surface area contributed by atoms with E-state index < -0.39 is 5.60 Å². The standard InChI is InChI=1S/C12H20IN3O/c1-5-7-14-10-9(13)8-15-11(16-10)12(3,4)17-6-2/h8H,5-7H2,1-4H3,(H,14,15,16). The molecular formula is C12H20IN3O. The first kappa shape index (κ1) is 14.6. The van der Waals surface area contributed by atoms with Crippen LogP contribution in [0.4, 0.5) is 5.82 Å². The number of hydrogen-bond donors (Lipinski definition) is 1. The van der Waals surface area contributed by atoms with Crippen LogP contribution in [0, 0.1) is 3.57 Å². The number of hydrogen-bond acceptors (Lipinski definition) is 4. The third-order valence-corrected chi connectivity index (χ3v) is 3.12. The maximum absolute atomic E-state index is 5.66. The van der Waals surface area contributed by atoms with E-state index in [1.165, 1.54) is 0 Å². The largest absolute Gasteiger partial charge is 0.369 e. The first-order chi connectivity index (χ1) is 8.01. The summed E-state index contributed by atoms with van der Waals surface area (Å²) in [6.07, 6.45) is 2.91. The molecule has 0 aromatic carbocycles. The molecule has 0 saturated heterocycles. The SMILES string of the molecule is CCCNc1nc(C(C)(C)OCC)ncc1I. The Morgan fingerprint density at radius 1 is 1.41 bits per heavy atom. The van der Waals surface area contributed by atoms with Crippen molar-refractivity contribution in [3.63, 3.8) is 0 Å². The second-order valence-corrected chi connectivity index (χ2v) is 5.42. The molecule has 0 saturated carbocycles. The summed E-state index contributed by atoms with van der Waals surface area (Å²) in [6.45, 7) is 9.66. The summed E-state index contributed by atoms with van der Waals surface area (Å²) in [5, 5.41) is 3.30. The van der Waals surface area contributed by atoms with Gasteiger partial charge in [-0.05, 0) is 49.8 Å². The van der Waals surface area contributed by atoms with E-state index in [1.54, 1.807) is 0 Å². The zero-order chi connectivity index (χ0) is 12.9. The summed E-state index contributed by atoms with van der Waals surface area (Å²) in [7, 11) is 0. The van der Waals surface area contributed by atoms with Crippen LogP contribution in [0.5, 0.6) is 0 Å². The van der Waals surface area contributed by atoms with Gasteiger partial charge in [-0.2, -0.15) is 0 Å². The number of rotatable bonds is 6. The highest BCUT2D eigenvalue weighted by Gasteiger charge is 2.24. The molecule has 0 spiro atoms. The average molecular weight is 349 g/mol. The fourth-order valence-corrected chi connectivity index (χ4v) is 1.90. The van der Waals surface area contributed by atoms with Crippen molar-refractivity contribution in [1.82, 2.24) is 9.97 Å². The fourth-order valence-electron chi connectivity index (χ4n) is 1.45. The number of ether oxygens (including phenoxy) is 1. The minimum absolute atomic E-state index is 0.443. The molecule has 0 radical (unpaired) electrons. The number of nitrogens with one attached hydrogen (secondary N) is 1. The highest BCUT2D eigenvalue weighted by molar-refractivity contribution is 14.1. The van der Waals surface area contributed by atoms with Crippen molar-refractivity contribution in [1.29, 1.82) is 0 Å². The Labute approximate surface area is 117 Å². The van der Waals surface area contributed by atoms with E-state index in [4.69, 9.17) is 4.74 Å². The van der Waals surface area contributed by atoms with Crippen molar-refractivity contribution >= 4 is 28.4 Å². The van der Waals surface area contributed by atoms with Crippen LogP contribution in [0.1, 0.15) is 39.9 Å². The van der Waals surface area contributed by atoms with Gasteiger partial charge < -0.3 is 10.1 Å². The van der Waals surface area contributed by atoms with E-state index in [9.17, 15) is 0 Å². The summed E-state index contributed by atoms with van der Waals surface area (Å²) in [5.74, 6) is 1.61. The molecule has 17 heavy (non-hydrogen) atoms. The van der Waals surface area contributed by atoms with E-state index in [0.717, 1.165) is 28.2 Å². The minimum atomic E-state index is -0.443. The van der Waals surface area contributed by atoms with Crippen molar-refractivity contribution in [2.75, 3.05) is 18.5 Å². The maximum atomic E-state index is 5.66. The average Bonchev–Trinajstić information content (AvgIpc) is 2.27. The van der Waals surface area contributed by atoms with Crippen LogP contribution in [0.25, 0.3) is 0 Å². The number of nitrogens with zero attached hydrogens (tertiary/aromatic N) is 2. The zero-order valence-corrected chi connectivity index (χ0v) is 13.0. The molecule has 1 N–H and O–H groups in total. The molecule has 0 aliphatic heterocycles. The second kappa shape index (κ2) is 6.49. The van der Waals surface area contributed by atoms with Crippen molar-refractivity contribution in [3.8, 4) is 0 Å². The normalized spacial score (nSPS) is 11.6. The molecular weight excluding hydrogens is 329 g/mol. The smallest absolute Gasteiger partial charge is 0.162 e. The quantitative estimate of drug-likeness (QED) is 0.802. The van der Waals surface area contributed by atoms with Crippen LogP contribution < -0.4 is 5.32 Å². The van der Waals surface area contributed by atoms with E-state index in [2.05, 4.69) is 44.8 Å². The van der Waals surface area contributed by atoms with Gasteiger partial charge in [-0.1, -0.05) is 6.92 Å². The third-order valence-electron chi connectivity index (χ3n) is 2.33. The minimum Gasteiger partial charge on any atom is -0.369 e. The molecule has 0 aliphatic carbocycles. The number of halogens is 1. The maximum Gasteiger partial charge on any atom is 0.162 e. The highest BCUT2D eigenvalue weighted by atomic mass is 127.